The van der Waals surface area contributed by atoms with E-state index in [1.807, 2.05) is 27.7 Å². The summed E-state index contributed by atoms with van der Waals surface area (Å²) in [5.74, 6) is -0.781. The minimum Gasteiger partial charge on any atom is -0.396 e. The normalized spacial score (nSPS) is 30.9. The molecule has 0 amide bonds. The zero-order valence-corrected chi connectivity index (χ0v) is 15.0. The molecule has 2 aliphatic heterocycles. The standard InChI is InChI=1S/C7H13IO2.C7H14O3/c2*1-7(2)9-5-6(10-7)3-4-8/h6H,3-5H2,1-2H3;6,8H,3-5H2,1-2H3/t2*6-/m00/s1. The summed E-state index contributed by atoms with van der Waals surface area (Å²) in [5.41, 5.74) is 0. The molecule has 5 nitrogen and oxygen atoms in total. The van der Waals surface area contributed by atoms with E-state index in [0.717, 1.165) is 17.5 Å². The van der Waals surface area contributed by atoms with E-state index in [9.17, 15) is 0 Å². The van der Waals surface area contributed by atoms with Gasteiger partial charge < -0.3 is 24.1 Å². The smallest absolute Gasteiger partial charge is 0.163 e. The maximum Gasteiger partial charge on any atom is 0.163 e. The Bertz CT molecular complexity index is 255. The van der Waals surface area contributed by atoms with E-state index in [2.05, 4.69) is 22.6 Å². The molecular weight excluding hydrogens is 375 g/mol. The van der Waals surface area contributed by atoms with Crippen LogP contribution in [0.3, 0.4) is 0 Å². The van der Waals surface area contributed by atoms with Gasteiger partial charge in [-0.15, -0.1) is 0 Å². The van der Waals surface area contributed by atoms with Crippen LogP contribution in [0.2, 0.25) is 0 Å². The third-order valence-corrected chi connectivity index (χ3v) is 3.64. The first-order valence-corrected chi connectivity index (χ1v) is 8.61. The number of rotatable bonds is 4. The predicted molar refractivity (Wildman–Crippen MR) is 85.0 cm³/mol. The molecule has 2 rings (SSSR count). The van der Waals surface area contributed by atoms with Gasteiger partial charge >= 0.3 is 0 Å². The van der Waals surface area contributed by atoms with Crippen molar-refractivity contribution in [3.63, 3.8) is 0 Å². The van der Waals surface area contributed by atoms with Gasteiger partial charge in [0.05, 0.1) is 25.4 Å². The first-order valence-electron chi connectivity index (χ1n) is 7.08. The Labute approximate surface area is 135 Å². The summed E-state index contributed by atoms with van der Waals surface area (Å²) in [7, 11) is 0. The minimum absolute atomic E-state index is 0.0833. The fourth-order valence-corrected chi connectivity index (χ4v) is 2.77. The Hall–Kier alpha value is 0.530. The molecule has 1 N–H and O–H groups in total. The van der Waals surface area contributed by atoms with Gasteiger partial charge in [-0.2, -0.15) is 0 Å². The fourth-order valence-electron chi connectivity index (χ4n) is 2.08. The van der Waals surface area contributed by atoms with E-state index in [0.29, 0.717) is 19.1 Å². The van der Waals surface area contributed by atoms with Crippen LogP contribution < -0.4 is 0 Å². The van der Waals surface area contributed by atoms with Crippen LogP contribution in [-0.2, 0) is 18.9 Å². The molecular formula is C14H27IO5. The van der Waals surface area contributed by atoms with Crippen LogP contribution in [0.4, 0.5) is 0 Å². The lowest BCUT2D eigenvalue weighted by Gasteiger charge is -2.16. The SMILES string of the molecule is CC1(C)OC[C@H](CCI)O1.CC1(C)OC[C@H](CCO)O1. The highest BCUT2D eigenvalue weighted by atomic mass is 127. The molecule has 0 radical (unpaired) electrons. The molecule has 0 bridgehead atoms. The minimum atomic E-state index is -0.445. The Balaban J connectivity index is 0.000000200. The van der Waals surface area contributed by atoms with Gasteiger partial charge in [-0.25, -0.2) is 0 Å². The molecule has 0 saturated carbocycles. The van der Waals surface area contributed by atoms with Crippen molar-refractivity contribution in [3.8, 4) is 0 Å². The average molecular weight is 402 g/mol. The van der Waals surface area contributed by atoms with Gasteiger partial charge in [0.15, 0.2) is 11.6 Å². The second-order valence-electron chi connectivity index (χ2n) is 5.89. The Kier molecular flexibility index (Phi) is 7.65. The van der Waals surface area contributed by atoms with E-state index in [1.165, 1.54) is 0 Å². The molecule has 2 heterocycles. The van der Waals surface area contributed by atoms with E-state index in [4.69, 9.17) is 24.1 Å². The van der Waals surface area contributed by atoms with Crippen molar-refractivity contribution in [1.29, 1.82) is 0 Å². The number of hydrogen-bond acceptors (Lipinski definition) is 5. The molecule has 2 fully saturated rings. The molecule has 0 aromatic heterocycles. The summed E-state index contributed by atoms with van der Waals surface area (Å²) >= 11 is 2.35. The van der Waals surface area contributed by atoms with Gasteiger partial charge in [0.25, 0.3) is 0 Å². The zero-order valence-electron chi connectivity index (χ0n) is 12.9. The highest BCUT2D eigenvalue weighted by Gasteiger charge is 2.32. The third-order valence-electron chi connectivity index (χ3n) is 3.02. The van der Waals surface area contributed by atoms with Gasteiger partial charge in [0.2, 0.25) is 0 Å². The molecule has 2 saturated heterocycles. The van der Waals surface area contributed by atoms with E-state index >= 15 is 0 Å². The van der Waals surface area contributed by atoms with Gasteiger partial charge in [-0.3, -0.25) is 0 Å². The molecule has 2 atom stereocenters. The summed E-state index contributed by atoms with van der Waals surface area (Å²) in [6.45, 7) is 9.21. The highest BCUT2D eigenvalue weighted by molar-refractivity contribution is 14.1. The van der Waals surface area contributed by atoms with Crippen molar-refractivity contribution in [3.05, 3.63) is 0 Å². The summed E-state index contributed by atoms with van der Waals surface area (Å²) in [4.78, 5) is 0. The number of alkyl halides is 1. The molecule has 20 heavy (non-hydrogen) atoms. The average Bonchev–Trinajstić information content (AvgIpc) is 2.84. The van der Waals surface area contributed by atoms with E-state index in [1.54, 1.807) is 0 Å². The molecule has 0 aromatic rings. The predicted octanol–water partition coefficient (Wildman–Crippen LogP) is 2.48. The van der Waals surface area contributed by atoms with Crippen molar-refractivity contribution in [2.75, 3.05) is 24.2 Å². The van der Waals surface area contributed by atoms with Gasteiger partial charge in [0, 0.05) is 11.0 Å². The molecule has 120 valence electrons. The van der Waals surface area contributed by atoms with Crippen molar-refractivity contribution in [1.82, 2.24) is 0 Å². The van der Waals surface area contributed by atoms with Gasteiger partial charge in [-0.1, -0.05) is 22.6 Å². The van der Waals surface area contributed by atoms with Crippen molar-refractivity contribution in [2.45, 2.75) is 64.3 Å². The number of hydrogen-bond donors (Lipinski definition) is 1. The topological polar surface area (TPSA) is 57.2 Å². The second kappa shape index (κ2) is 8.24. The zero-order chi connectivity index (χ0) is 15.2. The Morgan fingerprint density at radius 2 is 1.40 bits per heavy atom. The van der Waals surface area contributed by atoms with Crippen LogP contribution in [0.5, 0.6) is 0 Å². The quantitative estimate of drug-likeness (QED) is 0.579. The number of aliphatic hydroxyl groups is 1. The molecule has 0 spiro atoms. The maximum absolute atomic E-state index is 8.56. The summed E-state index contributed by atoms with van der Waals surface area (Å²) in [6.07, 6.45) is 2.18. The number of halogens is 1. The molecule has 0 aliphatic carbocycles. The lowest BCUT2D eigenvalue weighted by molar-refractivity contribution is -0.139. The van der Waals surface area contributed by atoms with Gasteiger partial charge in [-0.05, 0) is 40.5 Å². The Morgan fingerprint density at radius 3 is 1.70 bits per heavy atom. The second-order valence-corrected chi connectivity index (χ2v) is 6.97. The number of ether oxygens (including phenoxy) is 4. The van der Waals surface area contributed by atoms with Crippen molar-refractivity contribution in [2.24, 2.45) is 0 Å². The summed E-state index contributed by atoms with van der Waals surface area (Å²) in [6, 6.07) is 0. The number of aliphatic hydroxyl groups excluding tert-OH is 1. The largest absolute Gasteiger partial charge is 0.396 e. The summed E-state index contributed by atoms with van der Waals surface area (Å²) in [5, 5.41) is 8.56. The third kappa shape index (κ3) is 7.00. The fraction of sp³-hybridized carbons (Fsp3) is 1.00. The van der Waals surface area contributed by atoms with Gasteiger partial charge in [0.1, 0.15) is 0 Å². The van der Waals surface area contributed by atoms with Crippen molar-refractivity contribution >= 4 is 22.6 Å². The van der Waals surface area contributed by atoms with Crippen LogP contribution in [0.15, 0.2) is 0 Å². The first kappa shape index (κ1) is 18.6. The molecule has 0 aromatic carbocycles. The lowest BCUT2D eigenvalue weighted by atomic mass is 10.3. The van der Waals surface area contributed by atoms with Crippen molar-refractivity contribution < 1.29 is 24.1 Å². The van der Waals surface area contributed by atoms with Crippen LogP contribution in [-0.4, -0.2) is 53.1 Å². The highest BCUT2D eigenvalue weighted by Crippen LogP contribution is 2.24. The molecule has 2 aliphatic rings. The van der Waals surface area contributed by atoms with Crippen LogP contribution >= 0.6 is 22.6 Å². The molecule has 0 unspecified atom stereocenters. The van der Waals surface area contributed by atoms with Crippen LogP contribution in [0.1, 0.15) is 40.5 Å². The maximum atomic E-state index is 8.56. The van der Waals surface area contributed by atoms with Crippen LogP contribution in [0, 0.1) is 0 Å². The van der Waals surface area contributed by atoms with E-state index < -0.39 is 5.79 Å². The van der Waals surface area contributed by atoms with Crippen LogP contribution in [0.25, 0.3) is 0 Å². The molecule has 6 heteroatoms. The Morgan fingerprint density at radius 1 is 0.950 bits per heavy atom. The van der Waals surface area contributed by atoms with E-state index in [-0.39, 0.29) is 18.5 Å². The lowest BCUT2D eigenvalue weighted by Crippen LogP contribution is -2.21. The monoisotopic (exact) mass is 402 g/mol. The summed E-state index contributed by atoms with van der Waals surface area (Å²) < 4.78 is 22.8. The first-order chi connectivity index (χ1) is 9.28.